The molecule has 5 N–H and O–H groups in total. The van der Waals surface area contributed by atoms with Gasteiger partial charge in [-0.05, 0) is 0 Å². The summed E-state index contributed by atoms with van der Waals surface area (Å²) in [5, 5.41) is 44.1. The van der Waals surface area contributed by atoms with Crippen molar-refractivity contribution < 1.29 is 109 Å². The molecule has 0 saturated heterocycles. The summed E-state index contributed by atoms with van der Waals surface area (Å²) in [4.78, 5) is 57.6. The molecular weight excluding hydrogens is 456 g/mol. The van der Waals surface area contributed by atoms with Crippen LogP contribution in [0.1, 0.15) is 0 Å². The average molecular weight is 479 g/mol. The molecule has 30 heavy (non-hydrogen) atoms. The van der Waals surface area contributed by atoms with E-state index in [1.54, 1.807) is 0 Å². The number of hydrogen-bond acceptors (Lipinski definition) is 8. The Kier molecular flexibility index (Phi) is 26.9. The SMILES string of the molecule is O=C(O)CN(CCN(CC(=O)O)CC(=O)O)CCN(CC(=O)O)CC(=O)O.[Ca+2].[Na+].[Na+]. The molecule has 0 aliphatic rings. The van der Waals surface area contributed by atoms with Crippen LogP contribution in [0, 0.1) is 0 Å². The van der Waals surface area contributed by atoms with E-state index in [1.807, 2.05) is 0 Å². The first-order valence-corrected chi connectivity index (χ1v) is 7.75. The molecule has 0 aromatic rings. The van der Waals surface area contributed by atoms with Gasteiger partial charge in [0.05, 0.1) is 32.7 Å². The van der Waals surface area contributed by atoms with Crippen molar-refractivity contribution in [2.45, 2.75) is 0 Å². The van der Waals surface area contributed by atoms with E-state index in [4.69, 9.17) is 25.5 Å². The first kappa shape index (κ1) is 37.8. The van der Waals surface area contributed by atoms with E-state index in [2.05, 4.69) is 0 Å². The number of carbonyl (C=O) groups is 5. The van der Waals surface area contributed by atoms with E-state index in [0.717, 1.165) is 9.80 Å². The summed E-state index contributed by atoms with van der Waals surface area (Å²) in [5.41, 5.74) is 0. The zero-order valence-corrected chi connectivity index (χ0v) is 23.4. The maximum absolute atomic E-state index is 11.0. The van der Waals surface area contributed by atoms with Gasteiger partial charge in [-0.3, -0.25) is 38.7 Å². The van der Waals surface area contributed by atoms with Crippen LogP contribution in [0.4, 0.5) is 0 Å². The topological polar surface area (TPSA) is 196 Å². The molecule has 0 amide bonds. The molecule has 0 unspecified atom stereocenters. The number of rotatable bonds is 16. The van der Waals surface area contributed by atoms with Gasteiger partial charge in [-0.1, -0.05) is 0 Å². The van der Waals surface area contributed by atoms with Crippen molar-refractivity contribution in [3.8, 4) is 0 Å². The van der Waals surface area contributed by atoms with Crippen LogP contribution < -0.4 is 59.1 Å². The summed E-state index contributed by atoms with van der Waals surface area (Å²) in [7, 11) is 0. The predicted molar refractivity (Wildman–Crippen MR) is 93.3 cm³/mol. The Morgan fingerprint density at radius 3 is 0.800 bits per heavy atom. The van der Waals surface area contributed by atoms with E-state index < -0.39 is 62.6 Å². The van der Waals surface area contributed by atoms with Gasteiger partial charge in [0.2, 0.25) is 0 Å². The van der Waals surface area contributed by atoms with E-state index in [-0.39, 0.29) is 123 Å². The molecule has 16 heteroatoms. The van der Waals surface area contributed by atoms with Crippen LogP contribution in [0.3, 0.4) is 0 Å². The third-order valence-corrected chi connectivity index (χ3v) is 3.26. The van der Waals surface area contributed by atoms with Gasteiger partial charge in [0.1, 0.15) is 0 Å². The fourth-order valence-electron chi connectivity index (χ4n) is 2.22. The van der Waals surface area contributed by atoms with Crippen molar-refractivity contribution in [3.05, 3.63) is 0 Å². The molecule has 0 aliphatic carbocycles. The normalized spacial score (nSPS) is 9.97. The van der Waals surface area contributed by atoms with Gasteiger partial charge in [-0.15, -0.1) is 0 Å². The van der Waals surface area contributed by atoms with E-state index in [0.29, 0.717) is 0 Å². The molecular formula is C14H23CaN3Na2O10+4. The van der Waals surface area contributed by atoms with Crippen LogP contribution in [0.25, 0.3) is 0 Å². The minimum absolute atomic E-state index is 0. The zero-order chi connectivity index (χ0) is 21.0. The second kappa shape index (κ2) is 21.3. The van der Waals surface area contributed by atoms with Gasteiger partial charge in [-0.25, -0.2) is 0 Å². The van der Waals surface area contributed by atoms with Crippen molar-refractivity contribution in [2.75, 3.05) is 58.9 Å². The van der Waals surface area contributed by atoms with Gasteiger partial charge in [0.25, 0.3) is 0 Å². The third-order valence-electron chi connectivity index (χ3n) is 3.26. The van der Waals surface area contributed by atoms with Gasteiger partial charge >= 0.3 is 127 Å². The van der Waals surface area contributed by atoms with Crippen LogP contribution in [-0.2, 0) is 24.0 Å². The summed E-state index contributed by atoms with van der Waals surface area (Å²) in [6.07, 6.45) is 0. The summed E-state index contributed by atoms with van der Waals surface area (Å²) in [6, 6.07) is 0. The zero-order valence-electron chi connectivity index (χ0n) is 17.2. The van der Waals surface area contributed by atoms with E-state index in [9.17, 15) is 24.0 Å². The van der Waals surface area contributed by atoms with Crippen LogP contribution >= 0.6 is 0 Å². The van der Waals surface area contributed by atoms with Crippen LogP contribution in [0.5, 0.6) is 0 Å². The molecule has 0 fully saturated rings. The van der Waals surface area contributed by atoms with Crippen molar-refractivity contribution in [1.29, 1.82) is 0 Å². The monoisotopic (exact) mass is 479 g/mol. The van der Waals surface area contributed by atoms with Gasteiger partial charge in [0, 0.05) is 26.2 Å². The molecule has 0 saturated carbocycles. The third kappa shape index (κ3) is 23.2. The molecule has 13 nitrogen and oxygen atoms in total. The fourth-order valence-corrected chi connectivity index (χ4v) is 2.22. The number of nitrogens with zero attached hydrogens (tertiary/aromatic N) is 3. The Morgan fingerprint density at radius 1 is 0.433 bits per heavy atom. The molecule has 154 valence electrons. The van der Waals surface area contributed by atoms with Gasteiger partial charge in [-0.2, -0.15) is 0 Å². The Labute approximate surface area is 246 Å². The molecule has 0 bridgehead atoms. The number of carboxylic acids is 5. The van der Waals surface area contributed by atoms with Crippen molar-refractivity contribution in [3.63, 3.8) is 0 Å². The summed E-state index contributed by atoms with van der Waals surface area (Å²) < 4.78 is 0. The Morgan fingerprint density at radius 2 is 0.600 bits per heavy atom. The van der Waals surface area contributed by atoms with Crippen molar-refractivity contribution >= 4 is 67.6 Å². The maximum atomic E-state index is 11.0. The molecule has 0 heterocycles. The Balaban J connectivity index is -0.00000113. The Hall–Kier alpha value is 0.490. The van der Waals surface area contributed by atoms with E-state index >= 15 is 0 Å². The molecule has 0 spiro atoms. The van der Waals surface area contributed by atoms with Crippen LogP contribution in [0.15, 0.2) is 0 Å². The number of aliphatic carboxylic acids is 5. The van der Waals surface area contributed by atoms with Crippen molar-refractivity contribution in [1.82, 2.24) is 14.7 Å². The molecule has 0 rings (SSSR count). The molecule has 0 atom stereocenters. The summed E-state index contributed by atoms with van der Waals surface area (Å²) >= 11 is 0. The quantitative estimate of drug-likeness (QED) is 0.131. The summed E-state index contributed by atoms with van der Waals surface area (Å²) in [6.45, 7) is -2.74. The second-order valence-corrected chi connectivity index (χ2v) is 5.67. The average Bonchev–Trinajstić information content (AvgIpc) is 2.46. The van der Waals surface area contributed by atoms with Gasteiger partial charge < -0.3 is 25.5 Å². The number of carboxylic acid groups (broad SMARTS) is 5. The summed E-state index contributed by atoms with van der Waals surface area (Å²) in [5.74, 6) is -6.16. The standard InChI is InChI=1S/C14H23N3O10.Ca.2Na/c18-10(19)5-15(1-3-16(6-11(20)21)7-12(22)23)2-4-17(8-13(24)25)9-14(26)27;;;/h1-9H2,(H,18,19)(H,20,21)(H,22,23)(H,24,25)(H,26,27);;;/q;+2;2*+1. The van der Waals surface area contributed by atoms with Gasteiger partial charge in [0.15, 0.2) is 0 Å². The minimum atomic E-state index is -1.24. The molecule has 0 aromatic carbocycles. The number of hydrogen-bond donors (Lipinski definition) is 5. The second-order valence-electron chi connectivity index (χ2n) is 5.67. The molecule has 0 radical (unpaired) electrons. The van der Waals surface area contributed by atoms with Crippen molar-refractivity contribution in [2.24, 2.45) is 0 Å². The maximum Gasteiger partial charge on any atom is 2.00 e. The molecule has 0 aromatic heterocycles. The first-order chi connectivity index (χ1) is 12.5. The Bertz CT molecular complexity index is 498. The molecule has 0 aliphatic heterocycles. The first-order valence-electron chi connectivity index (χ1n) is 7.75. The van der Waals surface area contributed by atoms with Crippen LogP contribution in [-0.4, -0.2) is 167 Å². The minimum Gasteiger partial charge on any atom is -0.480 e. The van der Waals surface area contributed by atoms with Crippen LogP contribution in [0.2, 0.25) is 0 Å². The largest absolute Gasteiger partial charge is 2.00 e. The fraction of sp³-hybridized carbons (Fsp3) is 0.643. The van der Waals surface area contributed by atoms with E-state index in [1.165, 1.54) is 4.90 Å². The predicted octanol–water partition coefficient (Wildman–Crippen LogP) is -9.06. The smallest absolute Gasteiger partial charge is 0.480 e.